The first kappa shape index (κ1) is 14.0. The van der Waals surface area contributed by atoms with Crippen molar-refractivity contribution < 1.29 is 12.8 Å². The third-order valence-corrected chi connectivity index (χ3v) is 4.38. The number of aromatic nitrogens is 1. The average molecular weight is 345 g/mol. The molecule has 1 N–H and O–H groups in total. The van der Waals surface area contributed by atoms with E-state index in [-0.39, 0.29) is 10.7 Å². The summed E-state index contributed by atoms with van der Waals surface area (Å²) in [4.78, 5) is 3.59. The number of anilines is 1. The lowest BCUT2D eigenvalue weighted by Gasteiger charge is -2.10. The van der Waals surface area contributed by atoms with Crippen LogP contribution in [0, 0.1) is 12.9 Å². The number of aryl methyl sites for hydroxylation is 1. The Labute approximate surface area is 118 Å². The van der Waals surface area contributed by atoms with E-state index in [2.05, 4.69) is 25.6 Å². The van der Waals surface area contributed by atoms with E-state index >= 15 is 0 Å². The normalized spacial score (nSPS) is 11.3. The third kappa shape index (κ3) is 3.30. The lowest BCUT2D eigenvalue weighted by atomic mass is 10.2. The summed E-state index contributed by atoms with van der Waals surface area (Å²) in [6.07, 6.45) is 0. The molecule has 19 heavy (non-hydrogen) atoms. The summed E-state index contributed by atoms with van der Waals surface area (Å²) >= 11 is 3.22. The van der Waals surface area contributed by atoms with E-state index in [0.29, 0.717) is 10.0 Å². The van der Waals surface area contributed by atoms with Crippen molar-refractivity contribution in [1.29, 1.82) is 0 Å². The highest BCUT2D eigenvalue weighted by atomic mass is 79.9. The van der Waals surface area contributed by atoms with Crippen molar-refractivity contribution in [2.24, 2.45) is 0 Å². The Morgan fingerprint density at radius 2 is 2.00 bits per heavy atom. The van der Waals surface area contributed by atoms with Crippen molar-refractivity contribution in [3.63, 3.8) is 0 Å². The molecule has 2 aromatic rings. The maximum Gasteiger partial charge on any atom is 0.263 e. The smallest absolute Gasteiger partial charge is 0.263 e. The summed E-state index contributed by atoms with van der Waals surface area (Å²) in [5, 5.41) is 0. The third-order valence-electron chi connectivity index (χ3n) is 2.39. The number of rotatable bonds is 3. The van der Waals surface area contributed by atoms with Gasteiger partial charge >= 0.3 is 0 Å². The predicted octanol–water partition coefficient (Wildman–Crippen LogP) is 3.09. The van der Waals surface area contributed by atoms with Crippen LogP contribution >= 0.6 is 15.9 Å². The summed E-state index contributed by atoms with van der Waals surface area (Å²) < 4.78 is 40.2. The van der Waals surface area contributed by atoms with Gasteiger partial charge < -0.3 is 0 Å². The molecule has 7 heteroatoms. The fourth-order valence-corrected chi connectivity index (χ4v) is 3.31. The first-order valence-electron chi connectivity index (χ1n) is 5.30. The second kappa shape index (κ2) is 5.26. The van der Waals surface area contributed by atoms with Gasteiger partial charge in [0.15, 0.2) is 0 Å². The van der Waals surface area contributed by atoms with Crippen LogP contribution in [0.15, 0.2) is 45.8 Å². The van der Waals surface area contributed by atoms with E-state index in [0.717, 1.165) is 6.07 Å². The second-order valence-electron chi connectivity index (χ2n) is 3.86. The fourth-order valence-electron chi connectivity index (χ4n) is 1.52. The van der Waals surface area contributed by atoms with Crippen molar-refractivity contribution >= 4 is 31.8 Å². The largest absolute Gasteiger partial charge is 0.263 e. The van der Waals surface area contributed by atoms with Gasteiger partial charge in [-0.3, -0.25) is 4.72 Å². The van der Waals surface area contributed by atoms with Gasteiger partial charge in [-0.1, -0.05) is 28.1 Å². The van der Waals surface area contributed by atoms with Crippen molar-refractivity contribution in [3.8, 4) is 0 Å². The van der Waals surface area contributed by atoms with Gasteiger partial charge in [-0.15, -0.1) is 0 Å². The van der Waals surface area contributed by atoms with Crippen LogP contribution in [0.2, 0.25) is 0 Å². The number of hydrogen-bond donors (Lipinski definition) is 1. The van der Waals surface area contributed by atoms with Gasteiger partial charge in [-0.05, 0) is 36.8 Å². The van der Waals surface area contributed by atoms with Crippen molar-refractivity contribution in [2.75, 3.05) is 4.72 Å². The first-order valence-corrected chi connectivity index (χ1v) is 7.57. The second-order valence-corrected chi connectivity index (χ2v) is 6.43. The van der Waals surface area contributed by atoms with Gasteiger partial charge in [0.1, 0.15) is 5.82 Å². The number of hydrogen-bond acceptors (Lipinski definition) is 3. The van der Waals surface area contributed by atoms with Gasteiger partial charge in [0.25, 0.3) is 10.0 Å². The zero-order chi connectivity index (χ0) is 14.0. The molecule has 4 nitrogen and oxygen atoms in total. The highest BCUT2D eigenvalue weighted by molar-refractivity contribution is 9.10. The van der Waals surface area contributed by atoms with Crippen LogP contribution < -0.4 is 4.72 Å². The van der Waals surface area contributed by atoms with E-state index in [9.17, 15) is 12.8 Å². The molecule has 100 valence electrons. The van der Waals surface area contributed by atoms with Crippen molar-refractivity contribution in [2.45, 2.75) is 11.8 Å². The number of pyridine rings is 1. The molecule has 0 aliphatic carbocycles. The van der Waals surface area contributed by atoms with E-state index in [1.807, 2.05) is 0 Å². The molecule has 0 amide bonds. The molecule has 1 aromatic carbocycles. The molecule has 0 bridgehead atoms. The topological polar surface area (TPSA) is 59.1 Å². The highest BCUT2D eigenvalue weighted by Gasteiger charge is 2.18. The zero-order valence-electron chi connectivity index (χ0n) is 9.89. The van der Waals surface area contributed by atoms with Crippen LogP contribution in [0.25, 0.3) is 0 Å². The fraction of sp³-hybridized carbons (Fsp3) is 0.0833. The van der Waals surface area contributed by atoms with Crippen LogP contribution in [-0.4, -0.2) is 13.4 Å². The van der Waals surface area contributed by atoms with Crippen molar-refractivity contribution in [3.05, 3.63) is 52.4 Å². The molecule has 1 aromatic heterocycles. The van der Waals surface area contributed by atoms with Crippen molar-refractivity contribution in [1.82, 2.24) is 4.98 Å². The number of nitrogens with one attached hydrogen (secondary N) is 1. The predicted molar refractivity (Wildman–Crippen MR) is 73.9 cm³/mol. The Morgan fingerprint density at radius 3 is 2.68 bits per heavy atom. The Kier molecular flexibility index (Phi) is 3.86. The molecule has 0 saturated heterocycles. The van der Waals surface area contributed by atoms with Gasteiger partial charge in [0.05, 0.1) is 4.90 Å². The summed E-state index contributed by atoms with van der Waals surface area (Å²) in [6, 6.07) is 8.81. The van der Waals surface area contributed by atoms with E-state index < -0.39 is 16.0 Å². The van der Waals surface area contributed by atoms with Gasteiger partial charge in [0.2, 0.25) is 5.95 Å². The molecule has 0 fully saturated rings. The van der Waals surface area contributed by atoms with Crippen LogP contribution in [0.5, 0.6) is 0 Å². The molecule has 1 heterocycles. The number of benzene rings is 1. The maximum absolute atomic E-state index is 12.9. The Hall–Kier alpha value is -1.47. The quantitative estimate of drug-likeness (QED) is 0.870. The Balaban J connectivity index is 2.40. The monoisotopic (exact) mass is 344 g/mol. The molecule has 0 radical (unpaired) electrons. The van der Waals surface area contributed by atoms with Gasteiger partial charge in [-0.25, -0.2) is 13.4 Å². The molecule has 0 spiro atoms. The van der Waals surface area contributed by atoms with E-state index in [1.165, 1.54) is 18.2 Å². The summed E-state index contributed by atoms with van der Waals surface area (Å²) in [7, 11) is -3.79. The molecule has 0 unspecified atom stereocenters. The van der Waals surface area contributed by atoms with E-state index in [1.54, 1.807) is 19.1 Å². The van der Waals surface area contributed by atoms with Crippen LogP contribution in [0.1, 0.15) is 5.56 Å². The number of sulfonamides is 1. The summed E-state index contributed by atoms with van der Waals surface area (Å²) in [6.45, 7) is 1.68. The minimum atomic E-state index is -3.79. The molecule has 0 saturated carbocycles. The molecular formula is C12H10BrFN2O2S. The number of nitrogens with zero attached hydrogens (tertiary/aromatic N) is 1. The summed E-state index contributed by atoms with van der Waals surface area (Å²) in [5.74, 6) is -0.800. The van der Waals surface area contributed by atoms with E-state index in [4.69, 9.17) is 0 Å². The minimum absolute atomic E-state index is 0.0561. The standard InChI is InChI=1S/C12H10BrFN2O2S/c1-8-5-6-9(13)7-10(8)19(17,18)16-12-4-2-3-11(14)15-12/h2-7H,1H3,(H,15,16). The summed E-state index contributed by atoms with van der Waals surface area (Å²) in [5.41, 5.74) is 0.590. The molecule has 2 rings (SSSR count). The van der Waals surface area contributed by atoms with Crippen LogP contribution in [0.4, 0.5) is 10.2 Å². The molecule has 0 aliphatic rings. The molecule has 0 aliphatic heterocycles. The SMILES string of the molecule is Cc1ccc(Br)cc1S(=O)(=O)Nc1cccc(F)n1. The van der Waals surface area contributed by atoms with Crippen LogP contribution in [0.3, 0.4) is 0 Å². The average Bonchev–Trinajstić information content (AvgIpc) is 2.31. The Morgan fingerprint density at radius 1 is 1.26 bits per heavy atom. The first-order chi connectivity index (χ1) is 8.88. The molecular weight excluding hydrogens is 335 g/mol. The molecule has 0 atom stereocenters. The zero-order valence-corrected chi connectivity index (χ0v) is 12.3. The minimum Gasteiger partial charge on any atom is -0.263 e. The Bertz CT molecular complexity index is 719. The van der Waals surface area contributed by atoms with Gasteiger partial charge in [0, 0.05) is 4.47 Å². The maximum atomic E-state index is 12.9. The highest BCUT2D eigenvalue weighted by Crippen LogP contribution is 2.22. The number of halogens is 2. The van der Waals surface area contributed by atoms with Crippen LogP contribution in [-0.2, 0) is 10.0 Å². The van der Waals surface area contributed by atoms with Gasteiger partial charge in [-0.2, -0.15) is 4.39 Å². The lowest BCUT2D eigenvalue weighted by Crippen LogP contribution is -2.15. The lowest BCUT2D eigenvalue weighted by molar-refractivity contribution is 0.584.